The van der Waals surface area contributed by atoms with Gasteiger partial charge in [-0.1, -0.05) is 11.3 Å². The van der Waals surface area contributed by atoms with Crippen LogP contribution in [-0.2, 0) is 0 Å². The summed E-state index contributed by atoms with van der Waals surface area (Å²) in [5.41, 5.74) is 7.22. The van der Waals surface area contributed by atoms with Crippen molar-refractivity contribution < 1.29 is 14.0 Å². The molecular formula is C18H16FN5O2S. The topological polar surface area (TPSA) is 110 Å². The first kappa shape index (κ1) is 18.5. The van der Waals surface area contributed by atoms with Gasteiger partial charge in [-0.2, -0.15) is 0 Å². The Kier molecular flexibility index (Phi) is 5.13. The number of rotatable bonds is 4. The van der Waals surface area contributed by atoms with E-state index in [-0.39, 0.29) is 10.7 Å². The molecule has 3 rings (SSSR count). The first-order valence-electron chi connectivity index (χ1n) is 7.91. The minimum absolute atomic E-state index is 0.192. The van der Waals surface area contributed by atoms with E-state index in [1.54, 1.807) is 32.2 Å². The monoisotopic (exact) mass is 385 g/mol. The molecule has 0 radical (unpaired) electrons. The third-order valence-electron chi connectivity index (χ3n) is 3.81. The molecule has 0 aliphatic rings. The number of aryl methyl sites for hydroxylation is 2. The summed E-state index contributed by atoms with van der Waals surface area (Å²) >= 11 is 1.03. The van der Waals surface area contributed by atoms with Crippen LogP contribution in [0, 0.1) is 19.7 Å². The second kappa shape index (κ2) is 7.50. The Labute approximate surface area is 158 Å². The highest BCUT2D eigenvalue weighted by molar-refractivity contribution is 7.17. The fourth-order valence-corrected chi connectivity index (χ4v) is 2.94. The lowest BCUT2D eigenvalue weighted by Gasteiger charge is -2.12. The molecule has 9 heteroatoms. The average Bonchev–Trinajstić information content (AvgIpc) is 3.05. The molecule has 0 atom stereocenters. The molecule has 0 unspecified atom stereocenters. The molecule has 0 aliphatic heterocycles. The molecule has 4 N–H and O–H groups in total. The van der Waals surface area contributed by atoms with Gasteiger partial charge in [0.05, 0.1) is 23.1 Å². The number of pyridine rings is 1. The first-order valence-corrected chi connectivity index (χ1v) is 8.72. The number of amides is 2. The van der Waals surface area contributed by atoms with Crippen molar-refractivity contribution in [3.05, 3.63) is 64.2 Å². The summed E-state index contributed by atoms with van der Waals surface area (Å²) in [6, 6.07) is 5.83. The zero-order valence-electron chi connectivity index (χ0n) is 14.5. The van der Waals surface area contributed by atoms with Crippen molar-refractivity contribution in [1.29, 1.82) is 0 Å². The van der Waals surface area contributed by atoms with Crippen LogP contribution >= 0.6 is 11.3 Å². The normalized spacial score (nSPS) is 10.5. The average molecular weight is 385 g/mol. The summed E-state index contributed by atoms with van der Waals surface area (Å²) in [6.07, 6.45) is 2.95. The van der Waals surface area contributed by atoms with E-state index in [0.29, 0.717) is 27.5 Å². The molecule has 2 heterocycles. The molecular weight excluding hydrogens is 369 g/mol. The van der Waals surface area contributed by atoms with Gasteiger partial charge in [0.1, 0.15) is 10.7 Å². The SMILES string of the molecule is Cc1cc(F)c(C(=O)Nc2cccnc2C)cc1NC(=O)c1cnc(N)s1. The third kappa shape index (κ3) is 4.09. The van der Waals surface area contributed by atoms with Crippen LogP contribution in [0.25, 0.3) is 0 Å². The Morgan fingerprint density at radius 1 is 1.11 bits per heavy atom. The van der Waals surface area contributed by atoms with E-state index in [9.17, 15) is 14.0 Å². The number of halogens is 1. The number of aromatic nitrogens is 2. The van der Waals surface area contributed by atoms with Crippen molar-refractivity contribution >= 4 is 39.7 Å². The third-order valence-corrected chi connectivity index (χ3v) is 4.63. The zero-order chi connectivity index (χ0) is 19.6. The number of hydrogen-bond acceptors (Lipinski definition) is 6. The van der Waals surface area contributed by atoms with Crippen molar-refractivity contribution in [1.82, 2.24) is 9.97 Å². The molecule has 0 saturated heterocycles. The van der Waals surface area contributed by atoms with Crippen molar-refractivity contribution in [3.8, 4) is 0 Å². The summed E-state index contributed by atoms with van der Waals surface area (Å²) in [4.78, 5) is 33.0. The smallest absolute Gasteiger partial charge is 0.267 e. The quantitative estimate of drug-likeness (QED) is 0.638. The Morgan fingerprint density at radius 3 is 2.52 bits per heavy atom. The van der Waals surface area contributed by atoms with Crippen LogP contribution in [0.1, 0.15) is 31.3 Å². The number of nitrogens with zero attached hydrogens (tertiary/aromatic N) is 2. The maximum absolute atomic E-state index is 14.3. The maximum atomic E-state index is 14.3. The number of benzene rings is 1. The van der Waals surface area contributed by atoms with Crippen LogP contribution in [0.3, 0.4) is 0 Å². The molecule has 3 aromatic rings. The van der Waals surface area contributed by atoms with E-state index in [0.717, 1.165) is 11.3 Å². The van der Waals surface area contributed by atoms with Gasteiger partial charge >= 0.3 is 0 Å². The van der Waals surface area contributed by atoms with Gasteiger partial charge in [0.25, 0.3) is 11.8 Å². The molecule has 27 heavy (non-hydrogen) atoms. The van der Waals surface area contributed by atoms with Crippen LogP contribution in [0.15, 0.2) is 36.7 Å². The molecule has 7 nitrogen and oxygen atoms in total. The van der Waals surface area contributed by atoms with E-state index >= 15 is 0 Å². The Balaban J connectivity index is 1.86. The number of nitrogens with one attached hydrogen (secondary N) is 2. The van der Waals surface area contributed by atoms with Gasteiger partial charge in [-0.15, -0.1) is 0 Å². The lowest BCUT2D eigenvalue weighted by Crippen LogP contribution is -2.17. The fraction of sp³-hybridized carbons (Fsp3) is 0.111. The predicted molar refractivity (Wildman–Crippen MR) is 103 cm³/mol. The number of anilines is 3. The van der Waals surface area contributed by atoms with Gasteiger partial charge in [0.2, 0.25) is 0 Å². The molecule has 0 aliphatic carbocycles. The first-order chi connectivity index (χ1) is 12.8. The molecule has 0 bridgehead atoms. The number of hydrogen-bond donors (Lipinski definition) is 3. The summed E-state index contributed by atoms with van der Waals surface area (Å²) in [6.45, 7) is 3.36. The highest BCUT2D eigenvalue weighted by Gasteiger charge is 2.18. The number of carbonyl (C=O) groups excluding carboxylic acids is 2. The molecule has 0 spiro atoms. The molecule has 2 aromatic heterocycles. The molecule has 1 aromatic carbocycles. The summed E-state index contributed by atoms with van der Waals surface area (Å²) in [7, 11) is 0. The van der Waals surface area contributed by atoms with Crippen molar-refractivity contribution in [2.45, 2.75) is 13.8 Å². The van der Waals surface area contributed by atoms with Crippen LogP contribution in [0.2, 0.25) is 0 Å². The Morgan fingerprint density at radius 2 is 1.85 bits per heavy atom. The number of nitrogen functional groups attached to an aromatic ring is 1. The van der Waals surface area contributed by atoms with Crippen LogP contribution < -0.4 is 16.4 Å². The molecule has 0 fully saturated rings. The van der Waals surface area contributed by atoms with Crippen molar-refractivity contribution in [3.63, 3.8) is 0 Å². The van der Waals surface area contributed by atoms with Crippen LogP contribution in [0.5, 0.6) is 0 Å². The minimum Gasteiger partial charge on any atom is -0.375 e. The maximum Gasteiger partial charge on any atom is 0.267 e. The number of nitrogens with two attached hydrogens (primary N) is 1. The minimum atomic E-state index is -0.688. The second-order valence-electron chi connectivity index (χ2n) is 5.75. The van der Waals surface area contributed by atoms with Gasteiger partial charge in [-0.05, 0) is 43.7 Å². The van der Waals surface area contributed by atoms with E-state index in [2.05, 4.69) is 20.6 Å². The number of carbonyl (C=O) groups is 2. The Bertz CT molecular complexity index is 1030. The van der Waals surface area contributed by atoms with E-state index < -0.39 is 17.6 Å². The fourth-order valence-electron chi connectivity index (χ4n) is 2.36. The Hall–Kier alpha value is -3.33. The van der Waals surface area contributed by atoms with Crippen molar-refractivity contribution in [2.75, 3.05) is 16.4 Å². The lowest BCUT2D eigenvalue weighted by molar-refractivity contribution is 0.101. The number of thiazole rings is 1. The second-order valence-corrected chi connectivity index (χ2v) is 6.82. The molecule has 138 valence electrons. The van der Waals surface area contributed by atoms with Crippen LogP contribution in [-0.4, -0.2) is 21.8 Å². The summed E-state index contributed by atoms with van der Waals surface area (Å²) in [5.74, 6) is -1.76. The molecule has 2 amide bonds. The van der Waals surface area contributed by atoms with Gasteiger partial charge < -0.3 is 16.4 Å². The van der Waals surface area contributed by atoms with Gasteiger partial charge in [-0.3, -0.25) is 14.6 Å². The zero-order valence-corrected chi connectivity index (χ0v) is 15.4. The summed E-state index contributed by atoms with van der Waals surface area (Å²) < 4.78 is 14.3. The van der Waals surface area contributed by atoms with E-state index in [1.165, 1.54) is 18.3 Å². The highest BCUT2D eigenvalue weighted by atomic mass is 32.1. The highest BCUT2D eigenvalue weighted by Crippen LogP contribution is 2.24. The largest absolute Gasteiger partial charge is 0.375 e. The standard InChI is InChI=1S/C18H16FN5O2S/c1-9-6-12(19)11(16(25)23-13-4-3-5-21-10(13)2)7-14(9)24-17(26)15-8-22-18(20)27-15/h3-8H,1-2H3,(H2,20,22)(H,23,25)(H,24,26). The summed E-state index contributed by atoms with van der Waals surface area (Å²) in [5, 5.41) is 5.54. The van der Waals surface area contributed by atoms with Gasteiger partial charge in [0, 0.05) is 11.9 Å². The van der Waals surface area contributed by atoms with E-state index in [1.807, 2.05) is 0 Å². The predicted octanol–water partition coefficient (Wildman–Crippen LogP) is 3.38. The molecule has 0 saturated carbocycles. The van der Waals surface area contributed by atoms with Crippen molar-refractivity contribution in [2.24, 2.45) is 0 Å². The lowest BCUT2D eigenvalue weighted by atomic mass is 10.1. The van der Waals surface area contributed by atoms with E-state index in [4.69, 9.17) is 5.73 Å². The van der Waals surface area contributed by atoms with Gasteiger partial charge in [0.15, 0.2) is 5.13 Å². The van der Waals surface area contributed by atoms with Crippen LogP contribution in [0.4, 0.5) is 20.9 Å². The van der Waals surface area contributed by atoms with Gasteiger partial charge in [-0.25, -0.2) is 9.37 Å².